The second kappa shape index (κ2) is 7.39. The van der Waals surface area contributed by atoms with Crippen LogP contribution in [0.4, 0.5) is 0 Å². The maximum atomic E-state index is 10.7. The number of likely N-dealkylation sites (N-methyl/N-ethyl adjacent to an activating group) is 1. The van der Waals surface area contributed by atoms with Crippen molar-refractivity contribution < 1.29 is 9.90 Å². The van der Waals surface area contributed by atoms with E-state index in [1.165, 1.54) is 0 Å². The zero-order chi connectivity index (χ0) is 9.40. The predicted octanol–water partition coefficient (Wildman–Crippen LogP) is -0.825. The SMILES string of the molecule is CNC(CSCCCO)C(N)=O. The van der Waals surface area contributed by atoms with Crippen molar-refractivity contribution in [2.24, 2.45) is 5.73 Å². The quantitative estimate of drug-likeness (QED) is 0.460. The molecule has 5 heteroatoms. The number of thioether (sulfide) groups is 1. The summed E-state index contributed by atoms with van der Waals surface area (Å²) in [4.78, 5) is 10.7. The van der Waals surface area contributed by atoms with Crippen LogP contribution >= 0.6 is 11.8 Å². The van der Waals surface area contributed by atoms with E-state index in [-0.39, 0.29) is 18.6 Å². The first kappa shape index (κ1) is 11.7. The van der Waals surface area contributed by atoms with Crippen molar-refractivity contribution in [2.75, 3.05) is 25.2 Å². The second-order valence-corrected chi connectivity index (χ2v) is 3.55. The summed E-state index contributed by atoms with van der Waals surface area (Å²) in [5.74, 6) is 1.21. The Bertz CT molecular complexity index is 133. The maximum Gasteiger partial charge on any atom is 0.235 e. The molecule has 0 aliphatic heterocycles. The largest absolute Gasteiger partial charge is 0.396 e. The molecular formula is C7H16N2O2S. The van der Waals surface area contributed by atoms with Crippen LogP contribution in [0.1, 0.15) is 6.42 Å². The number of nitrogens with two attached hydrogens (primary N) is 1. The molecule has 0 spiro atoms. The molecule has 0 aromatic rings. The van der Waals surface area contributed by atoms with Crippen LogP contribution in [-0.4, -0.2) is 42.2 Å². The van der Waals surface area contributed by atoms with Gasteiger partial charge in [-0.05, 0) is 19.2 Å². The first-order chi connectivity index (χ1) is 5.72. The van der Waals surface area contributed by atoms with Crippen molar-refractivity contribution in [1.29, 1.82) is 0 Å². The highest BCUT2D eigenvalue weighted by molar-refractivity contribution is 7.99. The Morgan fingerprint density at radius 3 is 2.83 bits per heavy atom. The monoisotopic (exact) mass is 192 g/mol. The molecule has 1 atom stereocenters. The molecule has 1 unspecified atom stereocenters. The Morgan fingerprint density at radius 1 is 1.75 bits per heavy atom. The fourth-order valence-corrected chi connectivity index (χ4v) is 1.74. The van der Waals surface area contributed by atoms with Crippen LogP contribution < -0.4 is 11.1 Å². The number of rotatable bonds is 7. The molecule has 0 saturated carbocycles. The molecule has 0 aromatic carbocycles. The summed E-state index contributed by atoms with van der Waals surface area (Å²) in [6, 6.07) is -0.256. The molecule has 0 aromatic heterocycles. The molecule has 0 fully saturated rings. The van der Waals surface area contributed by atoms with Gasteiger partial charge in [0.2, 0.25) is 5.91 Å². The van der Waals surface area contributed by atoms with Gasteiger partial charge in [0.1, 0.15) is 0 Å². The van der Waals surface area contributed by atoms with Crippen molar-refractivity contribution in [1.82, 2.24) is 5.32 Å². The van der Waals surface area contributed by atoms with Gasteiger partial charge in [0, 0.05) is 12.4 Å². The van der Waals surface area contributed by atoms with Crippen LogP contribution in [0, 0.1) is 0 Å². The van der Waals surface area contributed by atoms with E-state index in [1.54, 1.807) is 18.8 Å². The number of aliphatic hydroxyl groups excluding tert-OH is 1. The van der Waals surface area contributed by atoms with Gasteiger partial charge in [0.05, 0.1) is 6.04 Å². The zero-order valence-electron chi connectivity index (χ0n) is 7.25. The first-order valence-electron chi connectivity index (χ1n) is 3.87. The molecular weight excluding hydrogens is 176 g/mol. The predicted molar refractivity (Wildman–Crippen MR) is 51.1 cm³/mol. The van der Waals surface area contributed by atoms with E-state index in [0.717, 1.165) is 12.2 Å². The molecule has 0 rings (SSSR count). The van der Waals surface area contributed by atoms with Crippen LogP contribution in [0.15, 0.2) is 0 Å². The highest BCUT2D eigenvalue weighted by Crippen LogP contribution is 2.03. The summed E-state index contributed by atoms with van der Waals surface area (Å²) < 4.78 is 0. The molecule has 0 saturated heterocycles. The summed E-state index contributed by atoms with van der Waals surface area (Å²) in [6.45, 7) is 0.202. The lowest BCUT2D eigenvalue weighted by atomic mass is 10.3. The van der Waals surface area contributed by atoms with E-state index in [1.807, 2.05) is 0 Å². The lowest BCUT2D eigenvalue weighted by Gasteiger charge is -2.10. The third kappa shape index (κ3) is 5.40. The Morgan fingerprint density at radius 2 is 2.42 bits per heavy atom. The summed E-state index contributed by atoms with van der Waals surface area (Å²) in [5, 5.41) is 11.3. The van der Waals surface area contributed by atoms with Crippen molar-refractivity contribution in [3.05, 3.63) is 0 Å². The fourth-order valence-electron chi connectivity index (χ4n) is 0.676. The van der Waals surface area contributed by atoms with Crippen molar-refractivity contribution in [3.8, 4) is 0 Å². The van der Waals surface area contributed by atoms with Gasteiger partial charge in [-0.15, -0.1) is 0 Å². The Kier molecular flexibility index (Phi) is 7.23. The van der Waals surface area contributed by atoms with Gasteiger partial charge in [-0.3, -0.25) is 4.79 Å². The van der Waals surface area contributed by atoms with Gasteiger partial charge in [0.15, 0.2) is 0 Å². The van der Waals surface area contributed by atoms with Gasteiger partial charge in [-0.2, -0.15) is 11.8 Å². The van der Waals surface area contributed by atoms with Gasteiger partial charge in [-0.1, -0.05) is 0 Å². The molecule has 0 aliphatic rings. The zero-order valence-corrected chi connectivity index (χ0v) is 8.06. The number of carbonyl (C=O) groups excluding carboxylic acids is 1. The van der Waals surface area contributed by atoms with Crippen LogP contribution in [-0.2, 0) is 4.79 Å². The number of nitrogens with one attached hydrogen (secondary N) is 1. The van der Waals surface area contributed by atoms with E-state index in [0.29, 0.717) is 5.75 Å². The van der Waals surface area contributed by atoms with Gasteiger partial charge >= 0.3 is 0 Å². The highest BCUT2D eigenvalue weighted by atomic mass is 32.2. The third-order valence-electron chi connectivity index (χ3n) is 1.42. The van der Waals surface area contributed by atoms with Crippen LogP contribution in [0.3, 0.4) is 0 Å². The van der Waals surface area contributed by atoms with Crippen molar-refractivity contribution in [2.45, 2.75) is 12.5 Å². The second-order valence-electron chi connectivity index (χ2n) is 2.40. The number of hydrogen-bond donors (Lipinski definition) is 3. The summed E-state index contributed by atoms with van der Waals surface area (Å²) in [7, 11) is 1.71. The molecule has 72 valence electrons. The van der Waals surface area contributed by atoms with E-state index < -0.39 is 0 Å². The number of hydrogen-bond acceptors (Lipinski definition) is 4. The first-order valence-corrected chi connectivity index (χ1v) is 5.03. The standard InChI is InChI=1S/C7H16N2O2S/c1-9-6(7(8)11)5-12-4-2-3-10/h6,9-10H,2-5H2,1H3,(H2,8,11). The van der Waals surface area contributed by atoms with Crippen LogP contribution in [0.5, 0.6) is 0 Å². The average Bonchev–Trinajstić information content (AvgIpc) is 2.04. The van der Waals surface area contributed by atoms with E-state index in [4.69, 9.17) is 10.8 Å². The normalized spacial score (nSPS) is 12.8. The summed E-state index contributed by atoms with van der Waals surface area (Å²) in [6.07, 6.45) is 0.764. The van der Waals surface area contributed by atoms with Gasteiger partial charge in [0.25, 0.3) is 0 Å². The molecule has 12 heavy (non-hydrogen) atoms. The lowest BCUT2D eigenvalue weighted by Crippen LogP contribution is -2.41. The van der Waals surface area contributed by atoms with E-state index >= 15 is 0 Å². The van der Waals surface area contributed by atoms with Crippen LogP contribution in [0.25, 0.3) is 0 Å². The summed E-state index contributed by atoms with van der Waals surface area (Å²) >= 11 is 1.62. The number of aliphatic hydroxyl groups is 1. The molecule has 4 nitrogen and oxygen atoms in total. The maximum absolute atomic E-state index is 10.7. The molecule has 0 bridgehead atoms. The number of carbonyl (C=O) groups is 1. The smallest absolute Gasteiger partial charge is 0.235 e. The topological polar surface area (TPSA) is 75.3 Å². The van der Waals surface area contributed by atoms with Crippen molar-refractivity contribution in [3.63, 3.8) is 0 Å². The Hall–Kier alpha value is -0.260. The minimum Gasteiger partial charge on any atom is -0.396 e. The van der Waals surface area contributed by atoms with Crippen LogP contribution in [0.2, 0.25) is 0 Å². The van der Waals surface area contributed by atoms with Gasteiger partial charge < -0.3 is 16.2 Å². The third-order valence-corrected chi connectivity index (χ3v) is 2.57. The Balaban J connectivity index is 3.38. The average molecular weight is 192 g/mol. The fraction of sp³-hybridized carbons (Fsp3) is 0.857. The van der Waals surface area contributed by atoms with E-state index in [9.17, 15) is 4.79 Å². The molecule has 0 heterocycles. The lowest BCUT2D eigenvalue weighted by molar-refractivity contribution is -0.119. The van der Waals surface area contributed by atoms with Crippen molar-refractivity contribution >= 4 is 17.7 Å². The minimum atomic E-state index is -0.325. The summed E-state index contributed by atoms with van der Waals surface area (Å²) in [5.41, 5.74) is 5.10. The molecule has 1 amide bonds. The highest BCUT2D eigenvalue weighted by Gasteiger charge is 2.11. The van der Waals surface area contributed by atoms with Gasteiger partial charge in [-0.25, -0.2) is 0 Å². The minimum absolute atomic E-state index is 0.202. The number of primary amides is 1. The number of amides is 1. The Labute approximate surface area is 76.9 Å². The molecule has 0 radical (unpaired) electrons. The molecule has 0 aliphatic carbocycles. The molecule has 4 N–H and O–H groups in total. The van der Waals surface area contributed by atoms with E-state index in [2.05, 4.69) is 5.32 Å².